The normalized spacial score (nSPS) is 12.8. The van der Waals surface area contributed by atoms with Crippen molar-refractivity contribution in [2.75, 3.05) is 37.8 Å². The van der Waals surface area contributed by atoms with Crippen LogP contribution in [0.4, 0.5) is 11.6 Å². The number of nitrogens with one attached hydrogen (secondary N) is 2. The van der Waals surface area contributed by atoms with Crippen molar-refractivity contribution >= 4 is 11.6 Å². The van der Waals surface area contributed by atoms with Crippen LogP contribution in [0.3, 0.4) is 0 Å². The molecule has 0 saturated carbocycles. The maximum atomic E-state index is 4.71. The Morgan fingerprint density at radius 2 is 1.71 bits per heavy atom. The Hall–Kier alpha value is -1.36. The Balaban J connectivity index is 2.93. The number of hydrogen-bond donors (Lipinski definition) is 2. The quantitative estimate of drug-likeness (QED) is 0.771. The van der Waals surface area contributed by atoms with E-state index >= 15 is 0 Å². The van der Waals surface area contributed by atoms with E-state index in [2.05, 4.69) is 69.2 Å². The second-order valence-electron chi connectivity index (χ2n) is 6.23. The highest BCUT2D eigenvalue weighted by atomic mass is 15.1. The van der Waals surface area contributed by atoms with Gasteiger partial charge in [-0.25, -0.2) is 9.97 Å². The summed E-state index contributed by atoms with van der Waals surface area (Å²) in [7, 11) is 4.20. The van der Waals surface area contributed by atoms with Crippen LogP contribution in [-0.4, -0.2) is 48.1 Å². The topological polar surface area (TPSA) is 53.1 Å². The molecular formula is C16H31N5. The summed E-state index contributed by atoms with van der Waals surface area (Å²) in [6.07, 6.45) is 1.09. The van der Waals surface area contributed by atoms with Crippen LogP contribution in [0.1, 0.15) is 51.4 Å². The van der Waals surface area contributed by atoms with E-state index in [0.29, 0.717) is 12.0 Å². The summed E-state index contributed by atoms with van der Waals surface area (Å²) in [5.41, 5.74) is 1.10. The third-order valence-electron chi connectivity index (χ3n) is 3.42. The molecule has 0 fully saturated rings. The van der Waals surface area contributed by atoms with Gasteiger partial charge in [-0.3, -0.25) is 0 Å². The van der Waals surface area contributed by atoms with E-state index < -0.39 is 0 Å². The van der Waals surface area contributed by atoms with Crippen molar-refractivity contribution in [2.24, 2.45) is 0 Å². The molecule has 5 heteroatoms. The zero-order valence-corrected chi connectivity index (χ0v) is 14.6. The van der Waals surface area contributed by atoms with E-state index in [1.54, 1.807) is 0 Å². The summed E-state index contributed by atoms with van der Waals surface area (Å²) in [5.74, 6) is 3.11. The Bertz CT molecular complexity index is 443. The molecule has 21 heavy (non-hydrogen) atoms. The fourth-order valence-electron chi connectivity index (χ4n) is 2.03. The number of hydrogen-bond acceptors (Lipinski definition) is 5. The predicted octanol–water partition coefficient (Wildman–Crippen LogP) is 3.09. The first kappa shape index (κ1) is 17.7. The molecule has 0 aliphatic carbocycles. The summed E-state index contributed by atoms with van der Waals surface area (Å²) in [6, 6.07) is 0.385. The minimum atomic E-state index is 0.320. The van der Waals surface area contributed by atoms with Gasteiger partial charge in [-0.05, 0) is 47.8 Å². The molecule has 1 aromatic heterocycles. The highest BCUT2D eigenvalue weighted by molar-refractivity contribution is 5.57. The molecule has 5 nitrogen and oxygen atoms in total. The van der Waals surface area contributed by atoms with Crippen molar-refractivity contribution in [3.63, 3.8) is 0 Å². The van der Waals surface area contributed by atoms with E-state index in [1.165, 1.54) is 0 Å². The summed E-state index contributed by atoms with van der Waals surface area (Å²) < 4.78 is 0. The molecule has 2 N–H and O–H groups in total. The molecule has 0 bridgehead atoms. The third kappa shape index (κ3) is 5.50. The Kier molecular flexibility index (Phi) is 6.89. The fourth-order valence-corrected chi connectivity index (χ4v) is 2.03. The average molecular weight is 293 g/mol. The van der Waals surface area contributed by atoms with Crippen molar-refractivity contribution < 1.29 is 0 Å². The van der Waals surface area contributed by atoms with Crippen LogP contribution in [0, 0.1) is 6.92 Å². The molecule has 0 aliphatic rings. The van der Waals surface area contributed by atoms with E-state index in [-0.39, 0.29) is 0 Å². The molecule has 1 atom stereocenters. The monoisotopic (exact) mass is 293 g/mol. The standard InChI is InChI=1S/C16H31N5/c1-8-17-15-13(5)16(20-14(19-15)11(2)3)18-12(4)9-10-21(6)7/h11-12H,8-10H2,1-7H3,(H2,17,18,19,20). The van der Waals surface area contributed by atoms with Crippen molar-refractivity contribution in [3.05, 3.63) is 11.4 Å². The Morgan fingerprint density at radius 1 is 1.10 bits per heavy atom. The number of anilines is 2. The van der Waals surface area contributed by atoms with Crippen molar-refractivity contribution in [1.82, 2.24) is 14.9 Å². The van der Waals surface area contributed by atoms with E-state index in [0.717, 1.165) is 42.5 Å². The molecule has 1 rings (SSSR count). The number of nitrogens with zero attached hydrogens (tertiary/aromatic N) is 3. The largest absolute Gasteiger partial charge is 0.370 e. The van der Waals surface area contributed by atoms with Gasteiger partial charge in [-0.1, -0.05) is 13.8 Å². The van der Waals surface area contributed by atoms with E-state index in [1.807, 2.05) is 0 Å². The minimum absolute atomic E-state index is 0.320. The SMILES string of the molecule is CCNc1nc(C(C)C)nc(NC(C)CCN(C)C)c1C. The van der Waals surface area contributed by atoms with Gasteiger partial charge in [0.25, 0.3) is 0 Å². The molecule has 1 heterocycles. The van der Waals surface area contributed by atoms with Gasteiger partial charge < -0.3 is 15.5 Å². The molecule has 1 aromatic rings. The lowest BCUT2D eigenvalue weighted by atomic mass is 10.1. The van der Waals surface area contributed by atoms with E-state index in [4.69, 9.17) is 4.98 Å². The molecule has 0 spiro atoms. The van der Waals surface area contributed by atoms with Gasteiger partial charge in [0.2, 0.25) is 0 Å². The Morgan fingerprint density at radius 3 is 2.24 bits per heavy atom. The molecular weight excluding hydrogens is 262 g/mol. The van der Waals surface area contributed by atoms with Crippen LogP contribution in [0.25, 0.3) is 0 Å². The third-order valence-corrected chi connectivity index (χ3v) is 3.42. The maximum absolute atomic E-state index is 4.71. The van der Waals surface area contributed by atoms with Crippen molar-refractivity contribution in [2.45, 2.75) is 53.0 Å². The van der Waals surface area contributed by atoms with Gasteiger partial charge in [0.05, 0.1) is 0 Å². The average Bonchev–Trinajstić information content (AvgIpc) is 2.40. The second-order valence-corrected chi connectivity index (χ2v) is 6.23. The molecule has 120 valence electrons. The summed E-state index contributed by atoms with van der Waals surface area (Å²) in [6.45, 7) is 12.5. The number of rotatable bonds is 8. The molecule has 0 radical (unpaired) electrons. The van der Waals surface area contributed by atoms with Gasteiger partial charge in [-0.2, -0.15) is 0 Å². The summed E-state index contributed by atoms with van der Waals surface area (Å²) >= 11 is 0. The van der Waals surface area contributed by atoms with Gasteiger partial charge >= 0.3 is 0 Å². The molecule has 0 aromatic carbocycles. The molecule has 0 amide bonds. The van der Waals surface area contributed by atoms with Gasteiger partial charge in [0, 0.05) is 24.1 Å². The molecule has 0 saturated heterocycles. The lowest BCUT2D eigenvalue weighted by molar-refractivity contribution is 0.390. The zero-order valence-electron chi connectivity index (χ0n) is 14.6. The first-order valence-electron chi connectivity index (χ1n) is 7.88. The zero-order chi connectivity index (χ0) is 16.0. The van der Waals surface area contributed by atoms with Crippen LogP contribution in [0.15, 0.2) is 0 Å². The van der Waals surface area contributed by atoms with Crippen molar-refractivity contribution in [1.29, 1.82) is 0 Å². The summed E-state index contributed by atoms with van der Waals surface area (Å²) in [4.78, 5) is 11.5. The second kappa shape index (κ2) is 8.17. The van der Waals surface area contributed by atoms with Crippen LogP contribution < -0.4 is 10.6 Å². The fraction of sp³-hybridized carbons (Fsp3) is 0.750. The van der Waals surface area contributed by atoms with Gasteiger partial charge in [0.1, 0.15) is 17.5 Å². The highest BCUT2D eigenvalue weighted by Gasteiger charge is 2.14. The minimum Gasteiger partial charge on any atom is -0.370 e. The van der Waals surface area contributed by atoms with Crippen molar-refractivity contribution in [3.8, 4) is 0 Å². The maximum Gasteiger partial charge on any atom is 0.135 e. The van der Waals surface area contributed by atoms with E-state index in [9.17, 15) is 0 Å². The molecule has 0 aliphatic heterocycles. The number of aromatic nitrogens is 2. The van der Waals surface area contributed by atoms with Gasteiger partial charge in [-0.15, -0.1) is 0 Å². The van der Waals surface area contributed by atoms with Crippen LogP contribution in [-0.2, 0) is 0 Å². The van der Waals surface area contributed by atoms with Crippen LogP contribution in [0.2, 0.25) is 0 Å². The lowest BCUT2D eigenvalue weighted by Crippen LogP contribution is -2.24. The van der Waals surface area contributed by atoms with Gasteiger partial charge in [0.15, 0.2) is 0 Å². The van der Waals surface area contributed by atoms with Crippen LogP contribution >= 0.6 is 0 Å². The first-order valence-corrected chi connectivity index (χ1v) is 7.88. The molecule has 1 unspecified atom stereocenters. The predicted molar refractivity (Wildman–Crippen MR) is 91.3 cm³/mol. The lowest BCUT2D eigenvalue weighted by Gasteiger charge is -2.20. The smallest absolute Gasteiger partial charge is 0.135 e. The Labute approximate surface area is 129 Å². The van der Waals surface area contributed by atoms with Crippen LogP contribution in [0.5, 0.6) is 0 Å². The first-order chi connectivity index (χ1) is 9.85. The highest BCUT2D eigenvalue weighted by Crippen LogP contribution is 2.23. The summed E-state index contributed by atoms with van der Waals surface area (Å²) in [5, 5.41) is 6.88.